The Bertz CT molecular complexity index is 1300. The molecule has 7 heteroatoms. The summed E-state index contributed by atoms with van der Waals surface area (Å²) in [6.07, 6.45) is 1.17. The first kappa shape index (κ1) is 21.1. The number of carbonyl (C=O) groups excluding carboxylic acids is 1. The minimum absolute atomic E-state index is 0.0626. The minimum Gasteiger partial charge on any atom is -0.493 e. The van der Waals surface area contributed by atoms with E-state index < -0.39 is 5.92 Å². The Morgan fingerprint density at radius 3 is 2.55 bits per heavy atom. The van der Waals surface area contributed by atoms with Crippen LogP contribution < -0.4 is 20.3 Å². The highest BCUT2D eigenvalue weighted by atomic mass is 16.5. The molecule has 0 saturated heterocycles. The van der Waals surface area contributed by atoms with Crippen LogP contribution in [0.25, 0.3) is 0 Å². The number of hydrogen-bond acceptors (Lipinski definition) is 5. The van der Waals surface area contributed by atoms with Gasteiger partial charge in [0.15, 0.2) is 17.3 Å². The number of aromatic amines is 2. The van der Waals surface area contributed by atoms with Crippen LogP contribution in [0.15, 0.2) is 64.6 Å². The number of anilines is 1. The molecule has 0 amide bonds. The number of Topliss-reactive ketones (excluding diaryl/α,β-unsaturated/α-hetero) is 1. The molecule has 0 radical (unpaired) electrons. The SMILES string of the molecule is COc1ccc([C@H]2C3=C(CC(C)(C)CC3=O)Nc3[nH][nH]c(=O)c32)cc1OCc1ccccc1. The molecule has 2 heterocycles. The van der Waals surface area contributed by atoms with Gasteiger partial charge in [-0.1, -0.05) is 50.2 Å². The average Bonchev–Trinajstić information content (AvgIpc) is 3.16. The van der Waals surface area contributed by atoms with Gasteiger partial charge in [0.25, 0.3) is 5.56 Å². The van der Waals surface area contributed by atoms with Gasteiger partial charge in [0.05, 0.1) is 12.7 Å². The number of methoxy groups -OCH3 is 1. The molecule has 0 saturated carbocycles. The van der Waals surface area contributed by atoms with Gasteiger partial charge in [-0.15, -0.1) is 0 Å². The van der Waals surface area contributed by atoms with E-state index in [0.29, 0.717) is 41.5 Å². The molecular formula is C26H27N3O4. The zero-order valence-corrected chi connectivity index (χ0v) is 19.0. The summed E-state index contributed by atoms with van der Waals surface area (Å²) in [4.78, 5) is 26.1. The summed E-state index contributed by atoms with van der Waals surface area (Å²) in [5, 5.41) is 8.91. The summed E-state index contributed by atoms with van der Waals surface area (Å²) in [7, 11) is 1.59. The van der Waals surface area contributed by atoms with Gasteiger partial charge in [0.2, 0.25) is 0 Å². The van der Waals surface area contributed by atoms with Crippen molar-refractivity contribution in [1.29, 1.82) is 0 Å². The van der Waals surface area contributed by atoms with Gasteiger partial charge in [-0.2, -0.15) is 0 Å². The molecule has 3 N–H and O–H groups in total. The maximum Gasteiger partial charge on any atom is 0.270 e. The lowest BCUT2D eigenvalue weighted by Crippen LogP contribution is -2.35. The van der Waals surface area contributed by atoms with E-state index in [4.69, 9.17) is 9.47 Å². The number of H-pyrrole nitrogens is 2. The van der Waals surface area contributed by atoms with Gasteiger partial charge in [-0.3, -0.25) is 19.8 Å². The first-order valence-corrected chi connectivity index (χ1v) is 11.0. The molecule has 0 fully saturated rings. The van der Waals surface area contributed by atoms with Gasteiger partial charge < -0.3 is 14.8 Å². The van der Waals surface area contributed by atoms with Crippen molar-refractivity contribution in [3.8, 4) is 11.5 Å². The monoisotopic (exact) mass is 445 g/mol. The summed E-state index contributed by atoms with van der Waals surface area (Å²) in [6.45, 7) is 4.55. The van der Waals surface area contributed by atoms with E-state index in [9.17, 15) is 9.59 Å². The number of ether oxygens (including phenoxy) is 2. The van der Waals surface area contributed by atoms with Gasteiger partial charge in [-0.25, -0.2) is 0 Å². The Labute approximate surface area is 191 Å². The van der Waals surface area contributed by atoms with Crippen LogP contribution in [0.2, 0.25) is 0 Å². The number of benzene rings is 2. The lowest BCUT2D eigenvalue weighted by atomic mass is 9.69. The predicted molar refractivity (Wildman–Crippen MR) is 126 cm³/mol. The fourth-order valence-corrected chi connectivity index (χ4v) is 4.87. The molecule has 1 aliphatic carbocycles. The third-order valence-corrected chi connectivity index (χ3v) is 6.35. The van der Waals surface area contributed by atoms with Crippen LogP contribution in [-0.2, 0) is 11.4 Å². The van der Waals surface area contributed by atoms with E-state index in [1.165, 1.54) is 0 Å². The summed E-state index contributed by atoms with van der Waals surface area (Å²) in [5.41, 5.74) is 3.50. The number of carbonyl (C=O) groups is 1. The fraction of sp³-hybridized carbons (Fsp3) is 0.308. The van der Waals surface area contributed by atoms with Crippen molar-refractivity contribution < 1.29 is 14.3 Å². The standard InChI is InChI=1S/C26H27N3O4/c1-26(2)12-17-22(18(30)13-26)21(23-24(27-17)28-29-25(23)31)16-9-10-19(32-3)20(11-16)33-14-15-7-5-4-6-8-15/h4-11,21H,12-14H2,1-3H3,(H3,27,28,29,31)/t21-/m0/s1. The van der Waals surface area contributed by atoms with E-state index in [-0.39, 0.29) is 16.8 Å². The van der Waals surface area contributed by atoms with Crippen molar-refractivity contribution in [2.45, 2.75) is 39.2 Å². The second kappa shape index (κ2) is 7.99. The summed E-state index contributed by atoms with van der Waals surface area (Å²) in [6, 6.07) is 15.5. The summed E-state index contributed by atoms with van der Waals surface area (Å²) < 4.78 is 11.6. The highest BCUT2D eigenvalue weighted by Crippen LogP contribution is 2.48. The highest BCUT2D eigenvalue weighted by Gasteiger charge is 2.42. The third-order valence-electron chi connectivity index (χ3n) is 6.35. The third kappa shape index (κ3) is 3.84. The van der Waals surface area contributed by atoms with Crippen molar-refractivity contribution in [2.24, 2.45) is 5.41 Å². The van der Waals surface area contributed by atoms with Gasteiger partial charge >= 0.3 is 0 Å². The molecule has 33 heavy (non-hydrogen) atoms. The maximum absolute atomic E-state index is 13.3. The van der Waals surface area contributed by atoms with Crippen LogP contribution in [0.3, 0.4) is 0 Å². The number of rotatable bonds is 5. The lowest BCUT2D eigenvalue weighted by Gasteiger charge is -2.38. The number of nitrogens with one attached hydrogen (secondary N) is 3. The van der Waals surface area contributed by atoms with Crippen molar-refractivity contribution in [3.63, 3.8) is 0 Å². The predicted octanol–water partition coefficient (Wildman–Crippen LogP) is 4.49. The Morgan fingerprint density at radius 2 is 1.79 bits per heavy atom. The Hall–Kier alpha value is -3.74. The molecule has 1 atom stereocenters. The zero-order chi connectivity index (χ0) is 23.2. The molecule has 3 aromatic rings. The molecule has 2 aromatic carbocycles. The molecule has 2 aliphatic rings. The maximum atomic E-state index is 13.3. The Kier molecular flexibility index (Phi) is 5.12. The van der Waals surface area contributed by atoms with Crippen molar-refractivity contribution in [2.75, 3.05) is 12.4 Å². The summed E-state index contributed by atoms with van der Waals surface area (Å²) >= 11 is 0. The van der Waals surface area contributed by atoms with E-state index in [2.05, 4.69) is 29.4 Å². The number of allylic oxidation sites excluding steroid dienone is 2. The van der Waals surface area contributed by atoms with Crippen molar-refractivity contribution >= 4 is 11.6 Å². The molecule has 0 spiro atoms. The molecule has 1 aliphatic heterocycles. The Balaban J connectivity index is 1.59. The number of ketones is 1. The quantitative estimate of drug-likeness (QED) is 0.538. The molecule has 170 valence electrons. The fourth-order valence-electron chi connectivity index (χ4n) is 4.87. The second-order valence-electron chi connectivity index (χ2n) is 9.44. The van der Waals surface area contributed by atoms with E-state index >= 15 is 0 Å². The lowest BCUT2D eigenvalue weighted by molar-refractivity contribution is -0.118. The van der Waals surface area contributed by atoms with E-state index in [1.807, 2.05) is 48.5 Å². The second-order valence-corrected chi connectivity index (χ2v) is 9.44. The number of fused-ring (bicyclic) bond motifs is 1. The van der Waals surface area contributed by atoms with E-state index in [0.717, 1.165) is 23.2 Å². The summed E-state index contributed by atoms with van der Waals surface area (Å²) in [5.74, 6) is 1.35. The number of hydrogen-bond donors (Lipinski definition) is 3. The van der Waals surface area contributed by atoms with Gasteiger partial charge in [0.1, 0.15) is 12.4 Å². The van der Waals surface area contributed by atoms with Crippen LogP contribution in [0.1, 0.15) is 49.3 Å². The van der Waals surface area contributed by atoms with Crippen LogP contribution >= 0.6 is 0 Å². The highest BCUT2D eigenvalue weighted by molar-refractivity contribution is 6.01. The normalized spacial score (nSPS) is 18.9. The molecule has 0 bridgehead atoms. The van der Waals surface area contributed by atoms with Crippen LogP contribution in [0, 0.1) is 5.41 Å². The topological polar surface area (TPSA) is 96.2 Å². The largest absolute Gasteiger partial charge is 0.493 e. The van der Waals surface area contributed by atoms with Crippen LogP contribution in [0.5, 0.6) is 11.5 Å². The molecule has 0 unspecified atom stereocenters. The van der Waals surface area contributed by atoms with Crippen molar-refractivity contribution in [3.05, 3.63) is 86.8 Å². The minimum atomic E-state index is -0.486. The van der Waals surface area contributed by atoms with Gasteiger partial charge in [0, 0.05) is 23.6 Å². The molecule has 1 aromatic heterocycles. The average molecular weight is 446 g/mol. The molecular weight excluding hydrogens is 418 g/mol. The van der Waals surface area contributed by atoms with Crippen LogP contribution in [0.4, 0.5) is 5.82 Å². The zero-order valence-electron chi connectivity index (χ0n) is 19.0. The van der Waals surface area contributed by atoms with E-state index in [1.54, 1.807) is 7.11 Å². The molecule has 5 rings (SSSR count). The first-order valence-electron chi connectivity index (χ1n) is 11.0. The van der Waals surface area contributed by atoms with Crippen LogP contribution in [-0.4, -0.2) is 23.1 Å². The Morgan fingerprint density at radius 1 is 1.00 bits per heavy atom. The molecule has 7 nitrogen and oxygen atoms in total. The van der Waals surface area contributed by atoms with Gasteiger partial charge in [-0.05, 0) is 35.1 Å². The smallest absolute Gasteiger partial charge is 0.270 e. The first-order chi connectivity index (χ1) is 15.9. The number of aromatic nitrogens is 2. The van der Waals surface area contributed by atoms with Crippen molar-refractivity contribution in [1.82, 2.24) is 10.2 Å².